The van der Waals surface area contributed by atoms with Crippen molar-refractivity contribution >= 4 is 53.6 Å². The van der Waals surface area contributed by atoms with Crippen molar-refractivity contribution in [3.8, 4) is 10.6 Å². The Labute approximate surface area is 201 Å². The summed E-state index contributed by atoms with van der Waals surface area (Å²) in [7, 11) is -3.58. The van der Waals surface area contributed by atoms with Gasteiger partial charge in [0, 0.05) is 10.4 Å². The fraction of sp³-hybridized carbons (Fsp3) is 0.280. The molecule has 1 amide bonds. The molecule has 1 aliphatic carbocycles. The lowest BCUT2D eigenvalue weighted by atomic mass is 9.88. The van der Waals surface area contributed by atoms with E-state index < -0.39 is 21.5 Å². The van der Waals surface area contributed by atoms with Gasteiger partial charge >= 0.3 is 0 Å². The first kappa shape index (κ1) is 22.3. The highest BCUT2D eigenvalue weighted by molar-refractivity contribution is 7.91. The number of rotatable bonds is 6. The molecule has 4 aromatic rings. The van der Waals surface area contributed by atoms with Crippen LogP contribution in [0.3, 0.4) is 0 Å². The molecule has 0 radical (unpaired) electrons. The number of hydrogen-bond donors (Lipinski definition) is 1. The minimum atomic E-state index is -3.58. The number of aromatic nitrogens is 1. The van der Waals surface area contributed by atoms with Crippen molar-refractivity contribution in [1.82, 2.24) is 4.98 Å². The van der Waals surface area contributed by atoms with Gasteiger partial charge in [-0.05, 0) is 48.4 Å². The highest BCUT2D eigenvalue weighted by Gasteiger charge is 2.28. The van der Waals surface area contributed by atoms with Gasteiger partial charge in [-0.25, -0.2) is 13.4 Å². The zero-order valence-electron chi connectivity index (χ0n) is 18.2. The molecule has 1 atom stereocenters. The average molecular weight is 497 g/mol. The number of sulfone groups is 1. The maximum absolute atomic E-state index is 12.9. The number of nitrogens with zero attached hydrogens (tertiary/aromatic N) is 1. The number of hydrogen-bond acceptors (Lipinski definition) is 6. The molecule has 33 heavy (non-hydrogen) atoms. The molecular formula is C25H24N2O3S3. The van der Waals surface area contributed by atoms with Crippen molar-refractivity contribution in [2.24, 2.45) is 5.92 Å². The summed E-state index contributed by atoms with van der Waals surface area (Å²) in [6, 6.07) is 17.0. The number of anilines is 1. The van der Waals surface area contributed by atoms with Crippen molar-refractivity contribution in [2.45, 2.75) is 31.9 Å². The third-order valence-corrected chi connectivity index (χ3v) is 9.55. The largest absolute Gasteiger partial charge is 0.316 e. The van der Waals surface area contributed by atoms with Crippen molar-refractivity contribution in [1.29, 1.82) is 0 Å². The van der Waals surface area contributed by atoms with E-state index in [1.54, 1.807) is 46.9 Å². The van der Waals surface area contributed by atoms with Crippen molar-refractivity contribution in [3.05, 3.63) is 70.6 Å². The summed E-state index contributed by atoms with van der Waals surface area (Å²) in [6.45, 7) is 2.24. The van der Waals surface area contributed by atoms with Crippen LogP contribution in [0.5, 0.6) is 0 Å². The predicted octanol–water partition coefficient (Wildman–Crippen LogP) is 5.70. The van der Waals surface area contributed by atoms with Gasteiger partial charge in [0.1, 0.15) is 15.8 Å². The van der Waals surface area contributed by atoms with Crippen molar-refractivity contribution < 1.29 is 13.2 Å². The molecule has 1 unspecified atom stereocenters. The monoisotopic (exact) mass is 496 g/mol. The van der Waals surface area contributed by atoms with Crippen LogP contribution in [-0.2, 0) is 33.2 Å². The smallest absolute Gasteiger partial charge is 0.240 e. The summed E-state index contributed by atoms with van der Waals surface area (Å²) in [4.78, 5) is 19.0. The van der Waals surface area contributed by atoms with E-state index in [2.05, 4.69) is 12.2 Å². The van der Waals surface area contributed by atoms with Crippen LogP contribution in [0.4, 0.5) is 5.00 Å². The fourth-order valence-electron chi connectivity index (χ4n) is 4.29. The number of para-hydroxylation sites is 1. The van der Waals surface area contributed by atoms with Gasteiger partial charge in [-0.1, -0.05) is 49.4 Å². The lowest BCUT2D eigenvalue weighted by Gasteiger charge is -2.18. The van der Waals surface area contributed by atoms with Gasteiger partial charge < -0.3 is 5.32 Å². The zero-order chi connectivity index (χ0) is 23.0. The van der Waals surface area contributed by atoms with Crippen LogP contribution in [-0.4, -0.2) is 25.1 Å². The predicted molar refractivity (Wildman–Crippen MR) is 137 cm³/mol. The van der Waals surface area contributed by atoms with E-state index in [0.29, 0.717) is 16.5 Å². The molecule has 0 saturated heterocycles. The Kier molecular flexibility index (Phi) is 6.07. The molecule has 0 aliphatic heterocycles. The van der Waals surface area contributed by atoms with Crippen LogP contribution in [0, 0.1) is 5.92 Å². The van der Waals surface area contributed by atoms with Gasteiger partial charge in [0.05, 0.1) is 16.0 Å². The first-order valence-electron chi connectivity index (χ1n) is 10.9. The molecule has 5 rings (SSSR count). The number of nitrogens with one attached hydrogen (secondary N) is 1. The molecule has 0 saturated carbocycles. The van der Waals surface area contributed by atoms with Gasteiger partial charge in [0.25, 0.3) is 0 Å². The number of thiophene rings is 1. The van der Waals surface area contributed by atoms with Crippen LogP contribution in [0.2, 0.25) is 0 Å². The number of carbonyl (C=O) groups excluding carboxylic acids is 1. The van der Waals surface area contributed by atoms with Gasteiger partial charge in [-0.15, -0.1) is 22.7 Å². The van der Waals surface area contributed by atoms with Gasteiger partial charge in [-0.3, -0.25) is 4.79 Å². The number of fused-ring (bicyclic) bond motifs is 2. The molecule has 170 valence electrons. The maximum atomic E-state index is 12.9. The summed E-state index contributed by atoms with van der Waals surface area (Å²) in [5.74, 6) is -0.598. The maximum Gasteiger partial charge on any atom is 0.240 e. The Hall–Kier alpha value is -2.55. The summed E-state index contributed by atoms with van der Waals surface area (Å²) in [5, 5.41) is 4.53. The molecule has 2 heterocycles. The van der Waals surface area contributed by atoms with Crippen molar-refractivity contribution in [3.63, 3.8) is 0 Å². The Morgan fingerprint density at radius 1 is 1.09 bits per heavy atom. The lowest BCUT2D eigenvalue weighted by Crippen LogP contribution is -2.23. The minimum Gasteiger partial charge on any atom is -0.316 e. The number of carbonyl (C=O) groups is 1. The van der Waals surface area contributed by atoms with Crippen LogP contribution in [0.25, 0.3) is 20.8 Å². The summed E-state index contributed by atoms with van der Waals surface area (Å²) < 4.78 is 26.4. The van der Waals surface area contributed by atoms with Gasteiger partial charge in [0.2, 0.25) is 5.91 Å². The van der Waals surface area contributed by atoms with Crippen LogP contribution < -0.4 is 5.32 Å². The summed E-state index contributed by atoms with van der Waals surface area (Å²) in [6.07, 6.45) is 3.01. The van der Waals surface area contributed by atoms with E-state index in [-0.39, 0.29) is 5.75 Å². The molecule has 2 aromatic heterocycles. The Morgan fingerprint density at radius 3 is 2.64 bits per heavy atom. The highest BCUT2D eigenvalue weighted by atomic mass is 32.2. The van der Waals surface area contributed by atoms with Crippen LogP contribution >= 0.6 is 22.7 Å². The lowest BCUT2D eigenvalue weighted by molar-refractivity contribution is -0.113. The fourth-order valence-corrected chi connectivity index (χ4v) is 8.10. The minimum absolute atomic E-state index is 0.148. The number of amides is 1. The number of thiazole rings is 1. The standard InChI is InChI=1S/C25H24N2O3S3/c1-16-11-12-18-21(13-16)32-25(23(18)24-26-19-9-5-6-10-20(19)31-24)27-22(28)15-33(29,30)14-17-7-3-2-4-8-17/h2-10,16H,11-15H2,1H3,(H,27,28). The molecule has 5 nitrogen and oxygen atoms in total. The summed E-state index contributed by atoms with van der Waals surface area (Å²) >= 11 is 3.18. The van der Waals surface area contributed by atoms with E-state index in [1.807, 2.05) is 30.3 Å². The van der Waals surface area contributed by atoms with E-state index in [9.17, 15) is 13.2 Å². The second-order valence-electron chi connectivity index (χ2n) is 8.61. The Morgan fingerprint density at radius 2 is 1.85 bits per heavy atom. The van der Waals surface area contributed by atoms with E-state index >= 15 is 0 Å². The molecule has 1 aliphatic rings. The van der Waals surface area contributed by atoms with E-state index in [4.69, 9.17) is 4.98 Å². The molecule has 0 spiro atoms. The third-order valence-electron chi connectivity index (χ3n) is 5.85. The second-order valence-corrected chi connectivity index (χ2v) is 12.8. The molecular weight excluding hydrogens is 472 g/mol. The van der Waals surface area contributed by atoms with Crippen LogP contribution in [0.1, 0.15) is 29.3 Å². The number of benzene rings is 2. The zero-order valence-corrected chi connectivity index (χ0v) is 20.7. The Balaban J connectivity index is 1.44. The first-order chi connectivity index (χ1) is 15.9. The molecule has 1 N–H and O–H groups in total. The molecule has 0 fully saturated rings. The van der Waals surface area contributed by atoms with E-state index in [1.165, 1.54) is 10.4 Å². The highest BCUT2D eigenvalue weighted by Crippen LogP contribution is 2.47. The van der Waals surface area contributed by atoms with E-state index in [0.717, 1.165) is 40.1 Å². The van der Waals surface area contributed by atoms with Gasteiger partial charge in [0.15, 0.2) is 9.84 Å². The Bertz CT molecular complexity index is 1390. The topological polar surface area (TPSA) is 76.1 Å². The van der Waals surface area contributed by atoms with Gasteiger partial charge in [-0.2, -0.15) is 0 Å². The molecule has 2 aromatic carbocycles. The normalized spacial score (nSPS) is 16.0. The average Bonchev–Trinajstić information content (AvgIpc) is 3.33. The third kappa shape index (κ3) is 4.88. The molecule has 0 bridgehead atoms. The SMILES string of the molecule is CC1CCc2c(sc(NC(=O)CS(=O)(=O)Cc3ccccc3)c2-c2nc3ccccc3s2)C1. The summed E-state index contributed by atoms with van der Waals surface area (Å²) in [5.41, 5.74) is 3.84. The van der Waals surface area contributed by atoms with Crippen molar-refractivity contribution in [2.75, 3.05) is 11.1 Å². The first-order valence-corrected chi connectivity index (χ1v) is 14.4. The quantitative estimate of drug-likeness (QED) is 0.371. The van der Waals surface area contributed by atoms with Crippen LogP contribution in [0.15, 0.2) is 54.6 Å². The molecule has 8 heteroatoms. The second kappa shape index (κ2) is 9.00.